The Kier molecular flexibility index (Phi) is 5.55. The fraction of sp³-hybridized carbons (Fsp3) is 0.391. The number of carbonyl (C=O) groups is 1. The fourth-order valence-corrected chi connectivity index (χ4v) is 4.59. The van der Waals surface area contributed by atoms with Gasteiger partial charge in [-0.2, -0.15) is 5.10 Å². The van der Waals surface area contributed by atoms with Gasteiger partial charge < -0.3 is 9.80 Å². The number of piperidine rings is 1. The number of rotatable bonds is 4. The van der Waals surface area contributed by atoms with Crippen LogP contribution < -0.4 is 4.90 Å². The first-order valence-electron chi connectivity index (χ1n) is 11.0. The Bertz CT molecular complexity index is 1130. The lowest BCUT2D eigenvalue weighted by Crippen LogP contribution is -2.39. The van der Waals surface area contributed by atoms with Gasteiger partial charge in [-0.25, -0.2) is 18.7 Å². The van der Waals surface area contributed by atoms with Crippen molar-refractivity contribution in [3.63, 3.8) is 0 Å². The maximum atomic E-state index is 13.6. The second kappa shape index (κ2) is 8.64. The molecule has 2 saturated heterocycles. The Morgan fingerprint density at radius 1 is 1.06 bits per heavy atom. The zero-order valence-electron chi connectivity index (χ0n) is 17.6. The highest BCUT2D eigenvalue weighted by Gasteiger charge is 2.29. The molecule has 166 valence electrons. The van der Waals surface area contributed by atoms with Crippen molar-refractivity contribution in [3.05, 3.63) is 59.6 Å². The second-order valence-corrected chi connectivity index (χ2v) is 8.35. The molecular weight excluding hydrogens is 414 g/mol. The summed E-state index contributed by atoms with van der Waals surface area (Å²) in [6.07, 6.45) is 7.53. The minimum atomic E-state index is -1.02. The van der Waals surface area contributed by atoms with E-state index >= 15 is 0 Å². The second-order valence-electron chi connectivity index (χ2n) is 8.35. The van der Waals surface area contributed by atoms with Gasteiger partial charge in [0.1, 0.15) is 0 Å². The van der Waals surface area contributed by atoms with Crippen molar-refractivity contribution in [1.82, 2.24) is 25.1 Å². The Hall–Kier alpha value is -3.36. The van der Waals surface area contributed by atoms with Crippen molar-refractivity contribution >= 4 is 11.9 Å². The predicted octanol–water partition coefficient (Wildman–Crippen LogP) is 3.76. The van der Waals surface area contributed by atoms with Gasteiger partial charge in [0, 0.05) is 55.1 Å². The third kappa shape index (κ3) is 3.94. The van der Waals surface area contributed by atoms with Crippen LogP contribution in [-0.4, -0.2) is 57.2 Å². The number of hydrogen-bond donors (Lipinski definition) is 1. The van der Waals surface area contributed by atoms with Gasteiger partial charge in [0.25, 0.3) is 5.91 Å². The number of nitrogens with one attached hydrogen (secondary N) is 1. The molecule has 4 heterocycles. The predicted molar refractivity (Wildman–Crippen MR) is 115 cm³/mol. The first-order valence-corrected chi connectivity index (χ1v) is 11.0. The molecule has 9 heteroatoms. The van der Waals surface area contributed by atoms with Crippen LogP contribution in [0.4, 0.5) is 14.7 Å². The van der Waals surface area contributed by atoms with E-state index in [-0.39, 0.29) is 17.4 Å². The third-order valence-electron chi connectivity index (χ3n) is 6.26. The van der Waals surface area contributed by atoms with Crippen LogP contribution in [-0.2, 0) is 0 Å². The maximum absolute atomic E-state index is 13.6. The molecule has 0 saturated carbocycles. The number of H-pyrrole nitrogens is 1. The zero-order chi connectivity index (χ0) is 22.1. The minimum Gasteiger partial charge on any atom is -0.341 e. The normalized spacial score (nSPS) is 18.9. The van der Waals surface area contributed by atoms with Crippen LogP contribution in [0.2, 0.25) is 0 Å². The number of aromatic nitrogens is 4. The summed E-state index contributed by atoms with van der Waals surface area (Å²) in [7, 11) is 0. The smallest absolute Gasteiger partial charge is 0.253 e. The number of aromatic amines is 1. The average molecular weight is 438 g/mol. The molecule has 1 atom stereocenters. The molecular formula is C23H24F2N6O. The van der Waals surface area contributed by atoms with E-state index < -0.39 is 11.6 Å². The summed E-state index contributed by atoms with van der Waals surface area (Å²) in [6, 6.07) is 5.15. The van der Waals surface area contributed by atoms with E-state index in [0.717, 1.165) is 73.8 Å². The molecule has 1 aromatic carbocycles. The standard InChI is InChI=1S/C23H24F2N6O/c24-18-6-5-15(12-19(18)25)22(32)31-11-3-4-16(14-31)21-17(13-27-29-21)20-7-8-26-23(28-20)30-9-1-2-10-30/h5-8,12-13,16H,1-4,9-11,14H2,(H,27,29)/t16-/m0/s1. The van der Waals surface area contributed by atoms with Crippen molar-refractivity contribution in [1.29, 1.82) is 0 Å². The lowest BCUT2D eigenvalue weighted by atomic mass is 9.91. The molecule has 5 rings (SSSR count). The van der Waals surface area contributed by atoms with Crippen LogP contribution in [0.3, 0.4) is 0 Å². The van der Waals surface area contributed by atoms with Gasteiger partial charge in [0.2, 0.25) is 5.95 Å². The Labute approximate surface area is 184 Å². The van der Waals surface area contributed by atoms with E-state index in [0.29, 0.717) is 13.1 Å². The topological polar surface area (TPSA) is 78.0 Å². The Morgan fingerprint density at radius 2 is 1.91 bits per heavy atom. The molecule has 2 aliphatic rings. The monoisotopic (exact) mass is 438 g/mol. The van der Waals surface area contributed by atoms with Crippen LogP contribution in [0, 0.1) is 11.6 Å². The lowest BCUT2D eigenvalue weighted by molar-refractivity contribution is 0.0705. The van der Waals surface area contributed by atoms with Crippen LogP contribution in [0.15, 0.2) is 36.7 Å². The number of carbonyl (C=O) groups excluding carboxylic acids is 1. The molecule has 2 fully saturated rings. The van der Waals surface area contributed by atoms with E-state index in [1.165, 1.54) is 6.07 Å². The first-order chi connectivity index (χ1) is 15.6. The van der Waals surface area contributed by atoms with Crippen molar-refractivity contribution in [2.24, 2.45) is 0 Å². The van der Waals surface area contributed by atoms with E-state index in [9.17, 15) is 13.6 Å². The van der Waals surface area contributed by atoms with Gasteiger partial charge in [-0.05, 0) is 49.9 Å². The van der Waals surface area contributed by atoms with Gasteiger partial charge >= 0.3 is 0 Å². The van der Waals surface area contributed by atoms with Crippen LogP contribution >= 0.6 is 0 Å². The number of amides is 1. The SMILES string of the molecule is O=C(c1ccc(F)c(F)c1)N1CCC[C@H](c2[nH]ncc2-c2ccnc(N3CCCC3)n2)C1. The third-order valence-corrected chi connectivity index (χ3v) is 6.26. The molecule has 2 aromatic heterocycles. The number of nitrogens with zero attached hydrogens (tertiary/aromatic N) is 5. The molecule has 2 aliphatic heterocycles. The molecule has 0 spiro atoms. The molecule has 32 heavy (non-hydrogen) atoms. The first kappa shape index (κ1) is 20.5. The van der Waals surface area contributed by atoms with Crippen molar-refractivity contribution in [2.45, 2.75) is 31.6 Å². The highest BCUT2D eigenvalue weighted by molar-refractivity contribution is 5.94. The molecule has 1 N–H and O–H groups in total. The van der Waals surface area contributed by atoms with Crippen molar-refractivity contribution in [2.75, 3.05) is 31.1 Å². The van der Waals surface area contributed by atoms with Gasteiger partial charge in [-0.15, -0.1) is 0 Å². The van der Waals surface area contributed by atoms with Gasteiger partial charge in [-0.1, -0.05) is 0 Å². The van der Waals surface area contributed by atoms with E-state index in [2.05, 4.69) is 20.1 Å². The van der Waals surface area contributed by atoms with Crippen molar-refractivity contribution < 1.29 is 13.6 Å². The number of hydrogen-bond acceptors (Lipinski definition) is 5. The largest absolute Gasteiger partial charge is 0.341 e. The number of halogens is 2. The van der Waals surface area contributed by atoms with E-state index in [1.54, 1.807) is 17.3 Å². The van der Waals surface area contributed by atoms with E-state index in [4.69, 9.17) is 4.98 Å². The van der Waals surface area contributed by atoms with Crippen LogP contribution in [0.25, 0.3) is 11.3 Å². The Balaban J connectivity index is 1.37. The van der Waals surface area contributed by atoms with Gasteiger partial charge in [-0.3, -0.25) is 9.89 Å². The fourth-order valence-electron chi connectivity index (χ4n) is 4.59. The van der Waals surface area contributed by atoms with Gasteiger partial charge in [0.15, 0.2) is 11.6 Å². The summed E-state index contributed by atoms with van der Waals surface area (Å²) in [6.45, 7) is 2.97. The summed E-state index contributed by atoms with van der Waals surface area (Å²) in [5, 5.41) is 7.36. The average Bonchev–Trinajstić information content (AvgIpc) is 3.53. The molecule has 7 nitrogen and oxygen atoms in total. The summed E-state index contributed by atoms with van der Waals surface area (Å²) < 4.78 is 26.9. The van der Waals surface area contributed by atoms with Crippen molar-refractivity contribution in [3.8, 4) is 11.3 Å². The molecule has 0 radical (unpaired) electrons. The quantitative estimate of drug-likeness (QED) is 0.671. The number of anilines is 1. The molecule has 0 aliphatic carbocycles. The van der Waals surface area contributed by atoms with Crippen LogP contribution in [0.5, 0.6) is 0 Å². The maximum Gasteiger partial charge on any atom is 0.253 e. The molecule has 0 bridgehead atoms. The summed E-state index contributed by atoms with van der Waals surface area (Å²) in [5.74, 6) is -1.50. The minimum absolute atomic E-state index is 0.0423. The summed E-state index contributed by atoms with van der Waals surface area (Å²) >= 11 is 0. The molecule has 0 unspecified atom stereocenters. The van der Waals surface area contributed by atoms with Gasteiger partial charge in [0.05, 0.1) is 11.9 Å². The number of likely N-dealkylation sites (tertiary alicyclic amines) is 1. The molecule has 3 aromatic rings. The highest BCUT2D eigenvalue weighted by atomic mass is 19.2. The number of benzene rings is 1. The lowest BCUT2D eigenvalue weighted by Gasteiger charge is -2.32. The Morgan fingerprint density at radius 3 is 2.72 bits per heavy atom. The van der Waals surface area contributed by atoms with Crippen LogP contribution in [0.1, 0.15) is 47.7 Å². The molecule has 1 amide bonds. The summed E-state index contributed by atoms with van der Waals surface area (Å²) in [5.41, 5.74) is 2.79. The summed E-state index contributed by atoms with van der Waals surface area (Å²) in [4.78, 5) is 26.0. The van der Waals surface area contributed by atoms with E-state index in [1.807, 2.05) is 6.07 Å². The zero-order valence-corrected chi connectivity index (χ0v) is 17.6. The highest BCUT2D eigenvalue weighted by Crippen LogP contribution is 2.33.